The van der Waals surface area contributed by atoms with Crippen LogP contribution < -0.4 is 0 Å². The third-order valence-electron chi connectivity index (χ3n) is 3.70. The number of thioether (sulfide) groups is 1. The Morgan fingerprint density at radius 2 is 1.71 bits per heavy atom. The van der Waals surface area contributed by atoms with Gasteiger partial charge in [0.1, 0.15) is 0 Å². The number of ether oxygens (including phenoxy) is 2. The molecule has 0 N–H and O–H groups in total. The van der Waals surface area contributed by atoms with E-state index in [4.69, 9.17) is 9.47 Å². The number of rotatable bonds is 15. The Balaban J connectivity index is 3.65. The van der Waals surface area contributed by atoms with Crippen molar-refractivity contribution in [3.8, 4) is 0 Å². The van der Waals surface area contributed by atoms with Crippen LogP contribution in [-0.4, -0.2) is 36.2 Å². The van der Waals surface area contributed by atoms with Gasteiger partial charge in [-0.3, -0.25) is 9.59 Å². The number of carbonyl (C=O) groups excluding carboxylic acids is 2. The van der Waals surface area contributed by atoms with E-state index in [9.17, 15) is 9.59 Å². The van der Waals surface area contributed by atoms with Gasteiger partial charge in [0.2, 0.25) is 0 Å². The van der Waals surface area contributed by atoms with E-state index in [0.29, 0.717) is 24.9 Å². The van der Waals surface area contributed by atoms with Gasteiger partial charge in [-0.05, 0) is 25.2 Å². The van der Waals surface area contributed by atoms with E-state index >= 15 is 0 Å². The molecular weight excluding hydrogens is 324 g/mol. The number of hydrogen-bond acceptors (Lipinski definition) is 5. The normalized spacial score (nSPS) is 12.2. The van der Waals surface area contributed by atoms with Gasteiger partial charge in [0.05, 0.1) is 19.6 Å². The predicted molar refractivity (Wildman–Crippen MR) is 101 cm³/mol. The highest BCUT2D eigenvalue weighted by Crippen LogP contribution is 2.21. The molecule has 0 aromatic carbocycles. The van der Waals surface area contributed by atoms with Crippen LogP contribution in [0.2, 0.25) is 0 Å². The third-order valence-corrected chi connectivity index (χ3v) is 5.09. The van der Waals surface area contributed by atoms with Crippen LogP contribution in [0.15, 0.2) is 0 Å². The Hall–Kier alpha value is -0.710. The van der Waals surface area contributed by atoms with Crippen LogP contribution in [0.1, 0.15) is 79.1 Å². The molecule has 0 aliphatic heterocycles. The molecule has 0 heterocycles. The fraction of sp³-hybridized carbons (Fsp3) is 0.895. The first-order chi connectivity index (χ1) is 11.5. The summed E-state index contributed by atoms with van der Waals surface area (Å²) in [6, 6.07) is 0. The van der Waals surface area contributed by atoms with Gasteiger partial charge in [0.25, 0.3) is 0 Å². The molecule has 0 fully saturated rings. The molecule has 1 unspecified atom stereocenters. The van der Waals surface area contributed by atoms with Crippen molar-refractivity contribution in [2.75, 3.05) is 19.0 Å². The van der Waals surface area contributed by atoms with Crippen molar-refractivity contribution < 1.29 is 19.1 Å². The number of hydrogen-bond donors (Lipinski definition) is 0. The largest absolute Gasteiger partial charge is 0.466 e. The molecule has 0 radical (unpaired) electrons. The lowest BCUT2D eigenvalue weighted by atomic mass is 10.1. The summed E-state index contributed by atoms with van der Waals surface area (Å²) >= 11 is 1.78. The summed E-state index contributed by atoms with van der Waals surface area (Å²) in [5, 5.41) is 0.443. The lowest BCUT2D eigenvalue weighted by Gasteiger charge is -2.15. The van der Waals surface area contributed by atoms with E-state index in [1.165, 1.54) is 19.8 Å². The molecule has 0 saturated carbocycles. The van der Waals surface area contributed by atoms with Gasteiger partial charge >= 0.3 is 11.9 Å². The summed E-state index contributed by atoms with van der Waals surface area (Å²) in [5.74, 6) is 1.20. The van der Waals surface area contributed by atoms with Crippen molar-refractivity contribution in [2.24, 2.45) is 5.92 Å². The zero-order chi connectivity index (χ0) is 18.2. The number of carbonyl (C=O) groups is 2. The van der Waals surface area contributed by atoms with Crippen molar-refractivity contribution in [2.45, 2.75) is 84.3 Å². The quantitative estimate of drug-likeness (QED) is 0.304. The topological polar surface area (TPSA) is 52.6 Å². The lowest BCUT2D eigenvalue weighted by Crippen LogP contribution is -2.12. The first kappa shape index (κ1) is 23.3. The molecule has 0 bridgehead atoms. The highest BCUT2D eigenvalue weighted by atomic mass is 32.2. The monoisotopic (exact) mass is 360 g/mol. The molecule has 0 saturated heterocycles. The summed E-state index contributed by atoms with van der Waals surface area (Å²) < 4.78 is 10.3. The lowest BCUT2D eigenvalue weighted by molar-refractivity contribution is -0.143. The second kappa shape index (κ2) is 15.8. The minimum atomic E-state index is -0.229. The third kappa shape index (κ3) is 16.2. The maximum atomic E-state index is 11.7. The maximum Gasteiger partial charge on any atom is 0.306 e. The smallest absolute Gasteiger partial charge is 0.306 e. The molecule has 142 valence electrons. The molecule has 4 nitrogen and oxygen atoms in total. The molecule has 5 heteroatoms. The minimum Gasteiger partial charge on any atom is -0.466 e. The molecule has 0 aliphatic carbocycles. The van der Waals surface area contributed by atoms with Crippen LogP contribution in [-0.2, 0) is 19.1 Å². The van der Waals surface area contributed by atoms with E-state index in [1.807, 2.05) is 0 Å². The molecule has 0 rings (SSSR count). The minimum absolute atomic E-state index is 0.0957. The Kier molecular flexibility index (Phi) is 15.3. The van der Waals surface area contributed by atoms with Gasteiger partial charge < -0.3 is 9.47 Å². The van der Waals surface area contributed by atoms with Gasteiger partial charge in [-0.25, -0.2) is 0 Å². The van der Waals surface area contributed by atoms with Crippen molar-refractivity contribution in [3.05, 3.63) is 0 Å². The first-order valence-electron chi connectivity index (χ1n) is 9.36. The number of unbranched alkanes of at least 4 members (excludes halogenated alkanes) is 2. The highest BCUT2D eigenvalue weighted by molar-refractivity contribution is 7.99. The van der Waals surface area contributed by atoms with E-state index in [-0.39, 0.29) is 11.9 Å². The van der Waals surface area contributed by atoms with Gasteiger partial charge in [0.15, 0.2) is 0 Å². The Labute approximate surface area is 152 Å². The van der Waals surface area contributed by atoms with Crippen molar-refractivity contribution in [1.29, 1.82) is 0 Å². The van der Waals surface area contributed by atoms with Crippen LogP contribution in [0.4, 0.5) is 0 Å². The highest BCUT2D eigenvalue weighted by Gasteiger charge is 2.11. The molecule has 0 amide bonds. The van der Waals surface area contributed by atoms with Crippen molar-refractivity contribution >= 4 is 23.7 Å². The second-order valence-corrected chi connectivity index (χ2v) is 8.03. The molecule has 1 atom stereocenters. The van der Waals surface area contributed by atoms with Crippen molar-refractivity contribution in [3.63, 3.8) is 0 Å². The molecule has 0 aromatic heterocycles. The summed E-state index contributed by atoms with van der Waals surface area (Å²) in [5.41, 5.74) is 0. The van der Waals surface area contributed by atoms with Gasteiger partial charge in [-0.15, -0.1) is 0 Å². The predicted octanol–water partition coefficient (Wildman–Crippen LogP) is 4.99. The molecule has 0 aliphatic rings. The fourth-order valence-corrected chi connectivity index (χ4v) is 3.65. The van der Waals surface area contributed by atoms with E-state index in [1.54, 1.807) is 11.8 Å². The number of esters is 2. The van der Waals surface area contributed by atoms with Gasteiger partial charge in [-0.2, -0.15) is 11.8 Å². The zero-order valence-corrected chi connectivity index (χ0v) is 16.8. The van der Waals surface area contributed by atoms with Crippen LogP contribution in [0.3, 0.4) is 0 Å². The van der Waals surface area contributed by atoms with E-state index in [2.05, 4.69) is 20.8 Å². The van der Waals surface area contributed by atoms with E-state index in [0.717, 1.165) is 43.8 Å². The summed E-state index contributed by atoms with van der Waals surface area (Å²) in [6.07, 6.45) is 8.05. The zero-order valence-electron chi connectivity index (χ0n) is 16.0. The Bertz CT molecular complexity index is 331. The molecule has 24 heavy (non-hydrogen) atoms. The summed E-state index contributed by atoms with van der Waals surface area (Å²) in [4.78, 5) is 22.5. The standard InChI is InChI=1S/C19H36O4S/c1-5-9-18(11-14-22-17(4)20)24-15-12-19(21)23-13-8-6-7-10-16(2)3/h16,18H,5-15H2,1-4H3. The average molecular weight is 361 g/mol. The fourth-order valence-electron chi connectivity index (χ4n) is 2.37. The Morgan fingerprint density at radius 3 is 2.33 bits per heavy atom. The van der Waals surface area contributed by atoms with Gasteiger partial charge in [-0.1, -0.05) is 46.5 Å². The molecule has 0 spiro atoms. The second-order valence-electron chi connectivity index (χ2n) is 6.62. The molecule has 0 aromatic rings. The molecular formula is C19H36O4S. The van der Waals surface area contributed by atoms with E-state index < -0.39 is 0 Å². The van der Waals surface area contributed by atoms with Crippen LogP contribution in [0.5, 0.6) is 0 Å². The van der Waals surface area contributed by atoms with Crippen molar-refractivity contribution in [1.82, 2.24) is 0 Å². The van der Waals surface area contributed by atoms with Crippen LogP contribution in [0, 0.1) is 5.92 Å². The summed E-state index contributed by atoms with van der Waals surface area (Å²) in [6.45, 7) is 9.06. The van der Waals surface area contributed by atoms with Crippen LogP contribution in [0.25, 0.3) is 0 Å². The van der Waals surface area contributed by atoms with Crippen LogP contribution >= 0.6 is 11.8 Å². The first-order valence-corrected chi connectivity index (χ1v) is 10.4. The summed E-state index contributed by atoms with van der Waals surface area (Å²) in [7, 11) is 0. The average Bonchev–Trinajstić information content (AvgIpc) is 2.50. The Morgan fingerprint density at radius 1 is 0.958 bits per heavy atom. The van der Waals surface area contributed by atoms with Gasteiger partial charge in [0, 0.05) is 17.9 Å². The SMILES string of the molecule is CCCC(CCOC(C)=O)SCCC(=O)OCCCCCC(C)C. The maximum absolute atomic E-state index is 11.7.